The van der Waals surface area contributed by atoms with Gasteiger partial charge >= 0.3 is 0 Å². The fourth-order valence-corrected chi connectivity index (χ4v) is 2.16. The van der Waals surface area contributed by atoms with Crippen molar-refractivity contribution in [2.24, 2.45) is 0 Å². The summed E-state index contributed by atoms with van der Waals surface area (Å²) in [5.41, 5.74) is 6.99. The summed E-state index contributed by atoms with van der Waals surface area (Å²) in [5, 5.41) is 0. The Balaban J connectivity index is 2.04. The molecule has 0 aromatic heterocycles. The fourth-order valence-electron chi connectivity index (χ4n) is 2.16. The quantitative estimate of drug-likeness (QED) is 0.725. The van der Waals surface area contributed by atoms with Gasteiger partial charge in [-0.05, 0) is 50.3 Å². The van der Waals surface area contributed by atoms with Crippen molar-refractivity contribution < 1.29 is 0 Å². The summed E-state index contributed by atoms with van der Waals surface area (Å²) >= 11 is 0. The van der Waals surface area contributed by atoms with Crippen molar-refractivity contribution in [2.45, 2.75) is 33.6 Å². The lowest BCUT2D eigenvalue weighted by molar-refractivity contribution is 0.947. The third kappa shape index (κ3) is 3.20. The van der Waals surface area contributed by atoms with Gasteiger partial charge in [0.2, 0.25) is 0 Å². The molecule has 0 bridgehead atoms. The summed E-state index contributed by atoms with van der Waals surface area (Å²) in [7, 11) is 0. The van der Waals surface area contributed by atoms with E-state index in [9.17, 15) is 0 Å². The second kappa shape index (κ2) is 5.18. The summed E-state index contributed by atoms with van der Waals surface area (Å²) in [6.45, 7) is 6.49. The molecule has 17 heavy (non-hydrogen) atoms. The van der Waals surface area contributed by atoms with Crippen LogP contribution < -0.4 is 0 Å². The molecular weight excluding hydrogens is 204 g/mol. The predicted molar refractivity (Wildman–Crippen MR) is 74.5 cm³/mol. The number of hydrogen-bond donors (Lipinski definition) is 0. The van der Waals surface area contributed by atoms with Gasteiger partial charge in [0.1, 0.15) is 0 Å². The Hall–Kier alpha value is -1.56. The molecule has 0 N–H and O–H groups in total. The third-order valence-electron chi connectivity index (χ3n) is 3.30. The van der Waals surface area contributed by atoms with Crippen LogP contribution in [-0.2, 0) is 12.8 Å². The maximum atomic E-state index is 2.27. The highest BCUT2D eigenvalue weighted by Crippen LogP contribution is 2.14. The molecule has 0 atom stereocenters. The van der Waals surface area contributed by atoms with Gasteiger partial charge in [-0.15, -0.1) is 0 Å². The smallest absolute Gasteiger partial charge is 0.0236 e. The average Bonchev–Trinajstić information content (AvgIpc) is 2.30. The molecule has 0 saturated heterocycles. The van der Waals surface area contributed by atoms with Crippen LogP contribution in [0, 0.1) is 20.8 Å². The van der Waals surface area contributed by atoms with E-state index in [1.54, 1.807) is 0 Å². The van der Waals surface area contributed by atoms with Gasteiger partial charge in [-0.25, -0.2) is 0 Å². The average molecular weight is 224 g/mol. The van der Waals surface area contributed by atoms with Gasteiger partial charge in [-0.3, -0.25) is 0 Å². The van der Waals surface area contributed by atoms with Crippen LogP contribution in [0.25, 0.3) is 0 Å². The van der Waals surface area contributed by atoms with E-state index in [0.29, 0.717) is 0 Å². The van der Waals surface area contributed by atoms with E-state index in [0.717, 1.165) is 12.8 Å². The first-order valence-corrected chi connectivity index (χ1v) is 6.27. The number of rotatable bonds is 3. The third-order valence-corrected chi connectivity index (χ3v) is 3.30. The Kier molecular flexibility index (Phi) is 3.63. The SMILES string of the molecule is Cc1ccc(CCc2ccc(C)cc2C)cc1. The second-order valence-electron chi connectivity index (χ2n) is 4.92. The molecule has 0 radical (unpaired) electrons. The summed E-state index contributed by atoms with van der Waals surface area (Å²) < 4.78 is 0. The molecule has 0 spiro atoms. The van der Waals surface area contributed by atoms with Crippen LogP contribution >= 0.6 is 0 Å². The zero-order chi connectivity index (χ0) is 12.3. The molecule has 0 aliphatic rings. The molecule has 2 aromatic rings. The molecule has 0 aliphatic heterocycles. The number of aryl methyl sites for hydroxylation is 5. The normalized spacial score (nSPS) is 10.5. The summed E-state index contributed by atoms with van der Waals surface area (Å²) in [5.74, 6) is 0. The van der Waals surface area contributed by atoms with Crippen LogP contribution in [0.5, 0.6) is 0 Å². The van der Waals surface area contributed by atoms with Crippen molar-refractivity contribution in [3.63, 3.8) is 0 Å². The molecule has 0 heteroatoms. The molecule has 2 rings (SSSR count). The van der Waals surface area contributed by atoms with Gasteiger partial charge in [0, 0.05) is 0 Å². The molecule has 0 unspecified atom stereocenters. The lowest BCUT2D eigenvalue weighted by Crippen LogP contribution is -1.94. The molecule has 0 amide bonds. The Morgan fingerprint density at radius 2 is 1.35 bits per heavy atom. The van der Waals surface area contributed by atoms with Crippen LogP contribution in [0.2, 0.25) is 0 Å². The van der Waals surface area contributed by atoms with Crippen molar-refractivity contribution in [3.05, 3.63) is 70.3 Å². The standard InChI is InChI=1S/C17H20/c1-13-4-7-16(8-5-13)9-11-17-10-6-14(2)12-15(17)3/h4-8,10,12H,9,11H2,1-3H3. The molecule has 0 saturated carbocycles. The van der Waals surface area contributed by atoms with Crippen molar-refractivity contribution in [3.8, 4) is 0 Å². The van der Waals surface area contributed by atoms with E-state index in [-0.39, 0.29) is 0 Å². The molecule has 88 valence electrons. The van der Waals surface area contributed by atoms with E-state index < -0.39 is 0 Å². The van der Waals surface area contributed by atoms with Gasteiger partial charge in [0.25, 0.3) is 0 Å². The maximum absolute atomic E-state index is 2.27. The van der Waals surface area contributed by atoms with Gasteiger partial charge in [0.05, 0.1) is 0 Å². The maximum Gasteiger partial charge on any atom is -0.0236 e. The summed E-state index contributed by atoms with van der Waals surface area (Å²) in [4.78, 5) is 0. The van der Waals surface area contributed by atoms with Crippen LogP contribution in [0.3, 0.4) is 0 Å². The van der Waals surface area contributed by atoms with E-state index in [4.69, 9.17) is 0 Å². The van der Waals surface area contributed by atoms with Gasteiger partial charge in [-0.2, -0.15) is 0 Å². The van der Waals surface area contributed by atoms with E-state index in [1.807, 2.05) is 0 Å². The van der Waals surface area contributed by atoms with Crippen molar-refractivity contribution in [1.82, 2.24) is 0 Å². The van der Waals surface area contributed by atoms with Crippen molar-refractivity contribution in [1.29, 1.82) is 0 Å². The Morgan fingerprint density at radius 3 is 2.00 bits per heavy atom. The van der Waals surface area contributed by atoms with Crippen LogP contribution in [0.1, 0.15) is 27.8 Å². The lowest BCUT2D eigenvalue weighted by Gasteiger charge is -2.07. The minimum Gasteiger partial charge on any atom is -0.0591 e. The van der Waals surface area contributed by atoms with E-state index in [1.165, 1.54) is 27.8 Å². The van der Waals surface area contributed by atoms with E-state index >= 15 is 0 Å². The van der Waals surface area contributed by atoms with Crippen LogP contribution in [0.15, 0.2) is 42.5 Å². The first-order valence-electron chi connectivity index (χ1n) is 6.27. The van der Waals surface area contributed by atoms with E-state index in [2.05, 4.69) is 63.2 Å². The summed E-state index contributed by atoms with van der Waals surface area (Å²) in [6, 6.07) is 15.6. The van der Waals surface area contributed by atoms with Gasteiger partial charge in [0.15, 0.2) is 0 Å². The molecule has 0 heterocycles. The van der Waals surface area contributed by atoms with Crippen molar-refractivity contribution in [2.75, 3.05) is 0 Å². The van der Waals surface area contributed by atoms with Gasteiger partial charge < -0.3 is 0 Å². The molecule has 2 aromatic carbocycles. The lowest BCUT2D eigenvalue weighted by atomic mass is 9.99. The largest absolute Gasteiger partial charge is 0.0591 e. The predicted octanol–water partition coefficient (Wildman–Crippen LogP) is 4.40. The Morgan fingerprint density at radius 1 is 0.706 bits per heavy atom. The van der Waals surface area contributed by atoms with Crippen LogP contribution in [-0.4, -0.2) is 0 Å². The fraction of sp³-hybridized carbons (Fsp3) is 0.294. The van der Waals surface area contributed by atoms with Gasteiger partial charge in [-0.1, -0.05) is 53.6 Å². The monoisotopic (exact) mass is 224 g/mol. The highest BCUT2D eigenvalue weighted by molar-refractivity contribution is 5.31. The van der Waals surface area contributed by atoms with Crippen LogP contribution in [0.4, 0.5) is 0 Å². The molecular formula is C17H20. The number of benzene rings is 2. The minimum atomic E-state index is 1.13. The topological polar surface area (TPSA) is 0 Å². The first kappa shape index (κ1) is 11.9. The second-order valence-corrected chi connectivity index (χ2v) is 4.92. The molecule has 0 aliphatic carbocycles. The summed E-state index contributed by atoms with van der Waals surface area (Å²) in [6.07, 6.45) is 2.26. The highest BCUT2D eigenvalue weighted by atomic mass is 14.0. The Labute approximate surface area is 104 Å². The zero-order valence-corrected chi connectivity index (χ0v) is 11.0. The van der Waals surface area contributed by atoms with Crippen molar-refractivity contribution >= 4 is 0 Å². The molecule has 0 nitrogen and oxygen atoms in total. The zero-order valence-electron chi connectivity index (χ0n) is 11.0. The molecule has 0 fully saturated rings. The number of hydrogen-bond acceptors (Lipinski definition) is 0. The minimum absolute atomic E-state index is 1.13. The highest BCUT2D eigenvalue weighted by Gasteiger charge is 1.99. The first-order chi connectivity index (χ1) is 8.15. The Bertz CT molecular complexity index is 492.